The van der Waals surface area contributed by atoms with Gasteiger partial charge in [0, 0.05) is 22.6 Å². The smallest absolute Gasteiger partial charge is 0.423 e. The van der Waals surface area contributed by atoms with Crippen LogP contribution in [0.4, 0.5) is 0 Å². The van der Waals surface area contributed by atoms with Gasteiger partial charge in [-0.1, -0.05) is 0 Å². The number of nitrogens with zero attached hydrogens (tertiary/aromatic N) is 2. The lowest BCUT2D eigenvalue weighted by atomic mass is 9.89. The monoisotopic (exact) mass is 208 g/mol. The van der Waals surface area contributed by atoms with Gasteiger partial charge in [0.2, 0.25) is 0 Å². The van der Waals surface area contributed by atoms with Gasteiger partial charge in [-0.05, 0) is 13.0 Å². The number of imidazole rings is 1. The molecule has 0 atom stereocenters. The number of rotatable bonds is 2. The SMILES string of the molecule is Cc1nccn1-c1csc(B(O)O)c1. The summed E-state index contributed by atoms with van der Waals surface area (Å²) < 4.78 is 2.43. The highest BCUT2D eigenvalue weighted by Gasteiger charge is 2.14. The maximum atomic E-state index is 8.94. The second-order valence-corrected chi connectivity index (χ2v) is 3.87. The van der Waals surface area contributed by atoms with Crippen LogP contribution in [-0.4, -0.2) is 26.7 Å². The van der Waals surface area contributed by atoms with Crippen LogP contribution in [-0.2, 0) is 0 Å². The molecule has 0 fully saturated rings. The van der Waals surface area contributed by atoms with Gasteiger partial charge in [-0.15, -0.1) is 0 Å². The van der Waals surface area contributed by atoms with Gasteiger partial charge in [0.05, 0.1) is 5.69 Å². The number of aryl methyl sites for hydroxylation is 1. The number of hydrogen-bond donors (Lipinski definition) is 2. The van der Waals surface area contributed by atoms with Crippen LogP contribution in [0.5, 0.6) is 0 Å². The summed E-state index contributed by atoms with van der Waals surface area (Å²) in [5, 5.41) is 19.8. The fourth-order valence-electron chi connectivity index (χ4n) is 1.25. The Morgan fingerprint density at radius 1 is 1.50 bits per heavy atom. The third-order valence-corrected chi connectivity index (χ3v) is 2.92. The van der Waals surface area contributed by atoms with Crippen LogP contribution in [0.1, 0.15) is 5.82 Å². The molecule has 2 aromatic rings. The third kappa shape index (κ3) is 1.59. The Labute approximate surface area is 85.6 Å². The Hall–Kier alpha value is -1.11. The molecular formula is C8H9BN2O2S. The number of aromatic nitrogens is 2. The second-order valence-electron chi connectivity index (χ2n) is 2.93. The van der Waals surface area contributed by atoms with Crippen LogP contribution in [0.2, 0.25) is 0 Å². The molecule has 0 spiro atoms. The van der Waals surface area contributed by atoms with E-state index in [2.05, 4.69) is 4.98 Å². The minimum Gasteiger partial charge on any atom is -0.423 e. The Morgan fingerprint density at radius 2 is 2.29 bits per heavy atom. The number of thiophene rings is 1. The van der Waals surface area contributed by atoms with E-state index in [1.54, 1.807) is 12.3 Å². The van der Waals surface area contributed by atoms with Crippen molar-refractivity contribution >= 4 is 23.2 Å². The fourth-order valence-corrected chi connectivity index (χ4v) is 2.00. The standard InChI is InChI=1S/C8H9BN2O2S/c1-6-10-2-3-11(6)7-4-8(9(12)13)14-5-7/h2-5,12-13H,1H3. The molecule has 2 heterocycles. The van der Waals surface area contributed by atoms with Crippen LogP contribution in [0.15, 0.2) is 23.8 Å². The lowest BCUT2D eigenvalue weighted by Crippen LogP contribution is -2.26. The summed E-state index contributed by atoms with van der Waals surface area (Å²) in [5.41, 5.74) is 0.910. The average molecular weight is 208 g/mol. The van der Waals surface area contributed by atoms with E-state index in [1.165, 1.54) is 11.3 Å². The van der Waals surface area contributed by atoms with E-state index in [9.17, 15) is 0 Å². The first kappa shape index (κ1) is 9.45. The summed E-state index contributed by atoms with van der Waals surface area (Å²) in [7, 11) is -1.39. The summed E-state index contributed by atoms with van der Waals surface area (Å²) in [4.78, 5) is 4.09. The van der Waals surface area contributed by atoms with Gasteiger partial charge in [-0.2, -0.15) is 11.3 Å². The lowest BCUT2D eigenvalue weighted by molar-refractivity contribution is 0.427. The first-order chi connectivity index (χ1) is 6.68. The molecule has 0 unspecified atom stereocenters. The van der Waals surface area contributed by atoms with E-state index in [0.717, 1.165) is 11.5 Å². The van der Waals surface area contributed by atoms with Crippen molar-refractivity contribution in [3.05, 3.63) is 29.7 Å². The second kappa shape index (κ2) is 3.57. The Morgan fingerprint density at radius 3 is 2.79 bits per heavy atom. The van der Waals surface area contributed by atoms with Crippen molar-refractivity contribution in [2.75, 3.05) is 0 Å². The highest BCUT2D eigenvalue weighted by Crippen LogP contribution is 2.12. The molecule has 0 aliphatic carbocycles. The average Bonchev–Trinajstić information content (AvgIpc) is 2.71. The summed E-state index contributed by atoms with van der Waals surface area (Å²) in [5.74, 6) is 0.877. The fraction of sp³-hybridized carbons (Fsp3) is 0.125. The zero-order valence-electron chi connectivity index (χ0n) is 7.58. The number of hydrogen-bond acceptors (Lipinski definition) is 4. The molecule has 0 saturated carbocycles. The van der Waals surface area contributed by atoms with Gasteiger partial charge in [0.25, 0.3) is 0 Å². The van der Waals surface area contributed by atoms with E-state index in [-0.39, 0.29) is 0 Å². The Kier molecular flexibility index (Phi) is 2.41. The van der Waals surface area contributed by atoms with Gasteiger partial charge in [0.15, 0.2) is 0 Å². The highest BCUT2D eigenvalue weighted by atomic mass is 32.1. The largest absolute Gasteiger partial charge is 0.499 e. The summed E-state index contributed by atoms with van der Waals surface area (Å²) in [6.07, 6.45) is 3.55. The van der Waals surface area contributed by atoms with Crippen LogP contribution in [0.3, 0.4) is 0 Å². The van der Waals surface area contributed by atoms with Crippen LogP contribution in [0, 0.1) is 6.92 Å². The van der Waals surface area contributed by atoms with Gasteiger partial charge < -0.3 is 14.6 Å². The summed E-state index contributed by atoms with van der Waals surface area (Å²) in [6.45, 7) is 1.90. The molecule has 0 saturated heterocycles. The van der Waals surface area contributed by atoms with E-state index < -0.39 is 7.12 Å². The summed E-state index contributed by atoms with van der Waals surface area (Å²) >= 11 is 1.32. The normalized spacial score (nSPS) is 10.5. The van der Waals surface area contributed by atoms with Crippen molar-refractivity contribution in [1.29, 1.82) is 0 Å². The maximum Gasteiger partial charge on any atom is 0.499 e. The first-order valence-corrected chi connectivity index (χ1v) is 5.01. The Balaban J connectivity index is 2.39. The predicted octanol–water partition coefficient (Wildman–Crippen LogP) is -0.0780. The zero-order valence-corrected chi connectivity index (χ0v) is 8.40. The zero-order chi connectivity index (χ0) is 10.1. The molecule has 6 heteroatoms. The molecule has 72 valence electrons. The molecule has 14 heavy (non-hydrogen) atoms. The Bertz CT molecular complexity index is 438. The van der Waals surface area contributed by atoms with Crippen molar-refractivity contribution in [2.45, 2.75) is 6.92 Å². The molecule has 0 aliphatic rings. The van der Waals surface area contributed by atoms with Crippen molar-refractivity contribution in [3.8, 4) is 5.69 Å². The van der Waals surface area contributed by atoms with Gasteiger partial charge >= 0.3 is 7.12 Å². The maximum absolute atomic E-state index is 8.94. The van der Waals surface area contributed by atoms with Crippen molar-refractivity contribution in [1.82, 2.24) is 9.55 Å². The minimum atomic E-state index is -1.39. The molecule has 0 aromatic carbocycles. The van der Waals surface area contributed by atoms with Gasteiger partial charge in [0.1, 0.15) is 5.82 Å². The van der Waals surface area contributed by atoms with E-state index in [1.807, 2.05) is 23.1 Å². The lowest BCUT2D eigenvalue weighted by Gasteiger charge is -1.99. The molecule has 0 radical (unpaired) electrons. The topological polar surface area (TPSA) is 58.3 Å². The van der Waals surface area contributed by atoms with Crippen molar-refractivity contribution in [2.24, 2.45) is 0 Å². The molecule has 0 bridgehead atoms. The van der Waals surface area contributed by atoms with Gasteiger partial charge in [-0.3, -0.25) is 0 Å². The molecule has 0 amide bonds. The molecule has 2 rings (SSSR count). The van der Waals surface area contributed by atoms with Crippen molar-refractivity contribution < 1.29 is 10.0 Å². The predicted molar refractivity (Wildman–Crippen MR) is 56.0 cm³/mol. The highest BCUT2D eigenvalue weighted by molar-refractivity contribution is 7.20. The van der Waals surface area contributed by atoms with Crippen LogP contribution >= 0.6 is 11.3 Å². The summed E-state index contributed by atoms with van der Waals surface area (Å²) in [6, 6.07) is 1.74. The molecule has 2 N–H and O–H groups in total. The third-order valence-electron chi connectivity index (χ3n) is 1.96. The molecule has 4 nitrogen and oxygen atoms in total. The van der Waals surface area contributed by atoms with Crippen molar-refractivity contribution in [3.63, 3.8) is 0 Å². The van der Waals surface area contributed by atoms with Gasteiger partial charge in [-0.25, -0.2) is 4.98 Å². The first-order valence-electron chi connectivity index (χ1n) is 4.13. The van der Waals surface area contributed by atoms with Crippen LogP contribution in [0.25, 0.3) is 5.69 Å². The molecule has 0 aliphatic heterocycles. The molecule has 2 aromatic heterocycles. The van der Waals surface area contributed by atoms with Crippen LogP contribution < -0.4 is 4.78 Å². The van der Waals surface area contributed by atoms with E-state index in [0.29, 0.717) is 4.78 Å². The quantitative estimate of drug-likeness (QED) is 0.678. The minimum absolute atomic E-state index is 0.535. The molecular weight excluding hydrogens is 199 g/mol. The van der Waals surface area contributed by atoms with E-state index >= 15 is 0 Å². The van der Waals surface area contributed by atoms with E-state index in [4.69, 9.17) is 10.0 Å².